The molecule has 2 aromatic carbocycles. The van der Waals surface area contributed by atoms with E-state index in [4.69, 9.17) is 14.2 Å². The van der Waals surface area contributed by atoms with Crippen molar-refractivity contribution in [3.05, 3.63) is 89.4 Å². The molecule has 1 amide bonds. The van der Waals surface area contributed by atoms with Gasteiger partial charge in [0.25, 0.3) is 5.91 Å². The van der Waals surface area contributed by atoms with E-state index in [0.717, 1.165) is 28.2 Å². The molecular weight excluding hydrogens is 430 g/mol. The van der Waals surface area contributed by atoms with Gasteiger partial charge in [-0.2, -0.15) is 0 Å². The molecule has 0 saturated heterocycles. The average molecular weight is 458 g/mol. The fraction of sp³-hybridized carbons (Fsp3) is 0.259. The zero-order valence-corrected chi connectivity index (χ0v) is 19.4. The van der Waals surface area contributed by atoms with Crippen molar-refractivity contribution >= 4 is 11.6 Å². The van der Waals surface area contributed by atoms with Crippen LogP contribution in [-0.4, -0.2) is 40.0 Å². The fourth-order valence-corrected chi connectivity index (χ4v) is 4.16. The number of aromatic nitrogens is 2. The van der Waals surface area contributed by atoms with E-state index in [1.807, 2.05) is 79.2 Å². The minimum Gasteiger partial charge on any atom is -0.486 e. The van der Waals surface area contributed by atoms with Crippen molar-refractivity contribution in [3.8, 4) is 17.2 Å². The molecule has 0 bridgehead atoms. The van der Waals surface area contributed by atoms with Crippen LogP contribution in [0.2, 0.25) is 0 Å². The maximum Gasteiger partial charge on any atom is 0.257 e. The summed E-state index contributed by atoms with van der Waals surface area (Å²) in [6.45, 7) is 6.27. The Labute approximate surface area is 198 Å². The Balaban J connectivity index is 1.35. The van der Waals surface area contributed by atoms with E-state index in [2.05, 4.69) is 4.98 Å². The number of ether oxygens (including phenoxy) is 3. The van der Waals surface area contributed by atoms with Crippen molar-refractivity contribution in [3.63, 3.8) is 0 Å². The van der Waals surface area contributed by atoms with Crippen LogP contribution in [-0.2, 0) is 13.2 Å². The largest absolute Gasteiger partial charge is 0.486 e. The number of carbonyl (C=O) groups excluding carboxylic acids is 1. The first-order valence-corrected chi connectivity index (χ1v) is 11.5. The van der Waals surface area contributed by atoms with Gasteiger partial charge in [0.05, 0.1) is 11.3 Å². The molecule has 0 radical (unpaired) electrons. The van der Waals surface area contributed by atoms with Crippen LogP contribution in [0, 0.1) is 6.92 Å². The number of nitrogens with zero attached hydrogens (tertiary/aromatic N) is 3. The van der Waals surface area contributed by atoms with Gasteiger partial charge in [0, 0.05) is 31.0 Å². The summed E-state index contributed by atoms with van der Waals surface area (Å²) in [5, 5.41) is 0. The van der Waals surface area contributed by atoms with Gasteiger partial charge in [-0.05, 0) is 43.7 Å². The first-order valence-electron chi connectivity index (χ1n) is 11.5. The van der Waals surface area contributed by atoms with Crippen LogP contribution in [0.5, 0.6) is 17.2 Å². The summed E-state index contributed by atoms with van der Waals surface area (Å²) < 4.78 is 19.6. The third-order valence-corrected chi connectivity index (χ3v) is 5.90. The fourth-order valence-electron chi connectivity index (χ4n) is 4.16. The smallest absolute Gasteiger partial charge is 0.257 e. The maximum absolute atomic E-state index is 13.5. The van der Waals surface area contributed by atoms with Crippen LogP contribution in [0.3, 0.4) is 0 Å². The van der Waals surface area contributed by atoms with Crippen LogP contribution < -0.4 is 14.2 Å². The number of pyridine rings is 1. The number of rotatable bonds is 7. The van der Waals surface area contributed by atoms with Crippen molar-refractivity contribution < 1.29 is 19.0 Å². The first kappa shape index (κ1) is 21.8. The molecule has 0 atom stereocenters. The molecule has 0 aliphatic carbocycles. The zero-order valence-electron chi connectivity index (χ0n) is 19.4. The minimum atomic E-state index is -0.0988. The lowest BCUT2D eigenvalue weighted by molar-refractivity contribution is 0.0744. The van der Waals surface area contributed by atoms with Crippen LogP contribution in [0.15, 0.2) is 67.0 Å². The van der Waals surface area contributed by atoms with Gasteiger partial charge in [-0.1, -0.05) is 30.3 Å². The van der Waals surface area contributed by atoms with Gasteiger partial charge in [0.2, 0.25) is 0 Å². The standard InChI is InChI=1S/C27H27N3O4/c1-3-29(16-20-9-6-12-24-25(20)33-15-14-32-24)27(31)22-10-4-5-11-23(22)34-18-21-17-30-13-7-8-19(2)26(30)28-21/h4-13,17H,3,14-16,18H2,1-2H3. The third kappa shape index (κ3) is 4.29. The van der Waals surface area contributed by atoms with Gasteiger partial charge >= 0.3 is 0 Å². The molecule has 2 aromatic heterocycles. The van der Waals surface area contributed by atoms with Crippen molar-refractivity contribution in [2.75, 3.05) is 19.8 Å². The molecule has 1 aliphatic rings. The second-order valence-electron chi connectivity index (χ2n) is 8.20. The lowest BCUT2D eigenvalue weighted by atomic mass is 10.1. The topological polar surface area (TPSA) is 65.3 Å². The highest BCUT2D eigenvalue weighted by molar-refractivity contribution is 5.97. The highest BCUT2D eigenvalue weighted by atomic mass is 16.6. The summed E-state index contributed by atoms with van der Waals surface area (Å²) in [6, 6.07) is 17.1. The zero-order chi connectivity index (χ0) is 23.5. The Morgan fingerprint density at radius 2 is 1.94 bits per heavy atom. The van der Waals surface area contributed by atoms with Gasteiger partial charge in [-0.15, -0.1) is 0 Å². The normalized spacial score (nSPS) is 12.5. The van der Waals surface area contributed by atoms with Crippen molar-refractivity contribution in [1.29, 1.82) is 0 Å². The van der Waals surface area contributed by atoms with Crippen molar-refractivity contribution in [2.24, 2.45) is 0 Å². The number of carbonyl (C=O) groups is 1. The summed E-state index contributed by atoms with van der Waals surface area (Å²) in [6.07, 6.45) is 3.91. The molecule has 4 aromatic rings. The monoisotopic (exact) mass is 457 g/mol. The Kier molecular flexibility index (Phi) is 6.08. The molecule has 7 heteroatoms. The van der Waals surface area contributed by atoms with Gasteiger partial charge < -0.3 is 23.5 Å². The van der Waals surface area contributed by atoms with E-state index in [1.165, 1.54) is 0 Å². The number of hydrogen-bond donors (Lipinski definition) is 0. The Hall–Kier alpha value is -4.00. The number of benzene rings is 2. The number of para-hydroxylation sites is 2. The minimum absolute atomic E-state index is 0.0988. The van der Waals surface area contributed by atoms with Crippen molar-refractivity contribution in [1.82, 2.24) is 14.3 Å². The van der Waals surface area contributed by atoms with Crippen LogP contribution in [0.1, 0.15) is 34.1 Å². The summed E-state index contributed by atoms with van der Waals surface area (Å²) in [5.74, 6) is 1.87. The molecule has 34 heavy (non-hydrogen) atoms. The average Bonchev–Trinajstić information content (AvgIpc) is 3.30. The third-order valence-electron chi connectivity index (χ3n) is 5.90. The summed E-state index contributed by atoms with van der Waals surface area (Å²) in [5.41, 5.74) is 4.24. The molecule has 174 valence electrons. The highest BCUT2D eigenvalue weighted by Gasteiger charge is 2.22. The van der Waals surface area contributed by atoms with Gasteiger partial charge in [0.1, 0.15) is 31.2 Å². The molecule has 0 unspecified atom stereocenters. The molecule has 3 heterocycles. The molecule has 0 N–H and O–H groups in total. The van der Waals surface area contributed by atoms with Gasteiger partial charge in [-0.3, -0.25) is 4.79 Å². The molecule has 7 nitrogen and oxygen atoms in total. The molecule has 1 aliphatic heterocycles. The Bertz CT molecular complexity index is 1330. The van der Waals surface area contributed by atoms with E-state index >= 15 is 0 Å². The molecule has 0 spiro atoms. The molecule has 0 fully saturated rings. The predicted molar refractivity (Wildman–Crippen MR) is 129 cm³/mol. The van der Waals surface area contributed by atoms with E-state index in [9.17, 15) is 4.79 Å². The molecule has 0 saturated carbocycles. The summed E-state index contributed by atoms with van der Waals surface area (Å²) in [7, 11) is 0. The van der Waals surface area contributed by atoms with E-state index < -0.39 is 0 Å². The van der Waals surface area contributed by atoms with E-state index in [1.54, 1.807) is 11.0 Å². The number of amides is 1. The second kappa shape index (κ2) is 9.47. The van der Waals surface area contributed by atoms with Gasteiger partial charge in [-0.25, -0.2) is 4.98 Å². The predicted octanol–water partition coefficient (Wildman–Crippen LogP) is 4.66. The quantitative estimate of drug-likeness (QED) is 0.404. The van der Waals surface area contributed by atoms with Crippen LogP contribution in [0.4, 0.5) is 0 Å². The first-order chi connectivity index (χ1) is 16.6. The second-order valence-corrected chi connectivity index (χ2v) is 8.20. The molecular formula is C27H27N3O4. The van der Waals surface area contributed by atoms with Crippen LogP contribution in [0.25, 0.3) is 5.65 Å². The Morgan fingerprint density at radius 1 is 1.09 bits per heavy atom. The molecule has 5 rings (SSSR count). The maximum atomic E-state index is 13.5. The number of aryl methyl sites for hydroxylation is 1. The lowest BCUT2D eigenvalue weighted by Crippen LogP contribution is -2.31. The van der Waals surface area contributed by atoms with E-state index in [-0.39, 0.29) is 12.5 Å². The SMILES string of the molecule is CCN(Cc1cccc2c1OCCO2)C(=O)c1ccccc1OCc1cn2cccc(C)c2n1. The Morgan fingerprint density at radius 3 is 2.79 bits per heavy atom. The number of hydrogen-bond acceptors (Lipinski definition) is 5. The lowest BCUT2D eigenvalue weighted by Gasteiger charge is -2.26. The van der Waals surface area contributed by atoms with E-state index in [0.29, 0.717) is 43.4 Å². The summed E-state index contributed by atoms with van der Waals surface area (Å²) in [4.78, 5) is 20.0. The van der Waals surface area contributed by atoms with Crippen molar-refractivity contribution in [2.45, 2.75) is 27.0 Å². The number of imidazole rings is 1. The summed E-state index contributed by atoms with van der Waals surface area (Å²) >= 11 is 0. The van der Waals surface area contributed by atoms with Gasteiger partial charge in [0.15, 0.2) is 11.5 Å². The highest BCUT2D eigenvalue weighted by Crippen LogP contribution is 2.34. The number of fused-ring (bicyclic) bond motifs is 2. The van der Waals surface area contributed by atoms with Crippen LogP contribution >= 0.6 is 0 Å².